The number of amides is 2. The van der Waals surface area contributed by atoms with Crippen molar-refractivity contribution in [2.75, 3.05) is 36.5 Å². The lowest BCUT2D eigenvalue weighted by atomic mass is 10.2. The summed E-state index contributed by atoms with van der Waals surface area (Å²) in [6.45, 7) is 8.89. The Hall–Kier alpha value is -3.96. The van der Waals surface area contributed by atoms with Crippen LogP contribution in [0.4, 0.5) is 16.6 Å². The zero-order chi connectivity index (χ0) is 23.7. The molecule has 0 radical (unpaired) electrons. The first kappa shape index (κ1) is 22.2. The van der Waals surface area contributed by atoms with Crippen molar-refractivity contribution < 1.29 is 19.4 Å². The van der Waals surface area contributed by atoms with Gasteiger partial charge in [-0.2, -0.15) is 4.98 Å². The lowest BCUT2D eigenvalue weighted by molar-refractivity contribution is 0.102. The van der Waals surface area contributed by atoms with Crippen molar-refractivity contribution in [1.29, 1.82) is 0 Å². The summed E-state index contributed by atoms with van der Waals surface area (Å²) in [5.74, 6) is 0.463. The molecule has 0 aliphatic carbocycles. The Morgan fingerprint density at radius 3 is 2.70 bits per heavy atom. The molecule has 1 aliphatic rings. The van der Waals surface area contributed by atoms with Crippen LogP contribution in [0.15, 0.2) is 18.6 Å². The highest BCUT2D eigenvalue weighted by Gasteiger charge is 2.29. The van der Waals surface area contributed by atoms with Gasteiger partial charge in [-0.15, -0.1) is 0 Å². The van der Waals surface area contributed by atoms with Crippen molar-refractivity contribution in [2.45, 2.75) is 33.7 Å². The highest BCUT2D eigenvalue weighted by molar-refractivity contribution is 6.05. The van der Waals surface area contributed by atoms with E-state index in [1.54, 1.807) is 13.1 Å². The number of hydrogen-bond donors (Lipinski definition) is 2. The van der Waals surface area contributed by atoms with E-state index in [-0.39, 0.29) is 17.5 Å². The zero-order valence-electron chi connectivity index (χ0n) is 18.9. The number of rotatable bonds is 5. The van der Waals surface area contributed by atoms with E-state index in [9.17, 15) is 14.7 Å². The number of piperazine rings is 1. The van der Waals surface area contributed by atoms with Gasteiger partial charge in [0.25, 0.3) is 5.91 Å². The summed E-state index contributed by atoms with van der Waals surface area (Å²) in [6.07, 6.45) is 4.02. The van der Waals surface area contributed by atoms with Crippen LogP contribution in [0.5, 0.6) is 5.88 Å². The minimum Gasteiger partial charge on any atom is -0.477 e. The molecule has 12 heteroatoms. The number of imidazole rings is 1. The van der Waals surface area contributed by atoms with E-state index in [1.807, 2.05) is 36.3 Å². The molecule has 2 amide bonds. The number of aromatic nitrogens is 5. The van der Waals surface area contributed by atoms with Crippen LogP contribution < -0.4 is 15.0 Å². The number of carboxylic acid groups (broad SMARTS) is 1. The highest BCUT2D eigenvalue weighted by Crippen LogP contribution is 2.23. The van der Waals surface area contributed by atoms with E-state index in [4.69, 9.17) is 4.74 Å². The first-order chi connectivity index (χ1) is 15.8. The van der Waals surface area contributed by atoms with Crippen molar-refractivity contribution in [3.8, 4) is 5.88 Å². The highest BCUT2D eigenvalue weighted by atomic mass is 16.5. The maximum absolute atomic E-state index is 13.0. The Morgan fingerprint density at radius 1 is 1.21 bits per heavy atom. The minimum atomic E-state index is -0.946. The topological polar surface area (TPSA) is 138 Å². The molecule has 1 aliphatic heterocycles. The molecule has 33 heavy (non-hydrogen) atoms. The van der Waals surface area contributed by atoms with Crippen molar-refractivity contribution in [3.63, 3.8) is 0 Å². The van der Waals surface area contributed by atoms with E-state index in [0.29, 0.717) is 43.7 Å². The summed E-state index contributed by atoms with van der Waals surface area (Å²) < 4.78 is 7.45. The molecule has 4 heterocycles. The molecule has 0 aromatic carbocycles. The molecule has 174 valence electrons. The fourth-order valence-electron chi connectivity index (χ4n) is 3.85. The minimum absolute atomic E-state index is 0.157. The van der Waals surface area contributed by atoms with Gasteiger partial charge in [-0.05, 0) is 27.7 Å². The van der Waals surface area contributed by atoms with E-state index in [1.165, 1.54) is 11.1 Å². The lowest BCUT2D eigenvalue weighted by Crippen LogP contribution is -2.54. The van der Waals surface area contributed by atoms with Crippen molar-refractivity contribution in [1.82, 2.24) is 29.2 Å². The summed E-state index contributed by atoms with van der Waals surface area (Å²) in [5, 5.41) is 12.1. The smallest absolute Gasteiger partial charge is 0.407 e. The third-order valence-electron chi connectivity index (χ3n) is 5.39. The van der Waals surface area contributed by atoms with Crippen LogP contribution >= 0.6 is 0 Å². The number of aryl methyl sites for hydroxylation is 2. The predicted molar refractivity (Wildman–Crippen MR) is 120 cm³/mol. The second-order valence-corrected chi connectivity index (χ2v) is 7.87. The first-order valence-corrected chi connectivity index (χ1v) is 10.7. The Morgan fingerprint density at radius 2 is 2.00 bits per heavy atom. The number of nitrogens with zero attached hydrogens (tertiary/aromatic N) is 7. The predicted octanol–water partition coefficient (Wildman–Crippen LogP) is 1.98. The van der Waals surface area contributed by atoms with Gasteiger partial charge in [-0.3, -0.25) is 4.79 Å². The Kier molecular flexibility index (Phi) is 5.99. The maximum Gasteiger partial charge on any atom is 0.407 e. The van der Waals surface area contributed by atoms with E-state index < -0.39 is 12.0 Å². The normalized spacial score (nSPS) is 16.2. The van der Waals surface area contributed by atoms with Gasteiger partial charge in [0.2, 0.25) is 11.8 Å². The average molecular weight is 454 g/mol. The summed E-state index contributed by atoms with van der Waals surface area (Å²) in [4.78, 5) is 45.2. The van der Waals surface area contributed by atoms with Crippen molar-refractivity contribution in [2.24, 2.45) is 0 Å². The second kappa shape index (κ2) is 8.88. The summed E-state index contributed by atoms with van der Waals surface area (Å²) in [6, 6.07) is -0.214. The number of hydrogen-bond acceptors (Lipinski definition) is 8. The molecule has 3 aromatic rings. The number of anilines is 2. The molecule has 0 spiro atoms. The number of fused-ring (bicyclic) bond motifs is 1. The average Bonchev–Trinajstić information content (AvgIpc) is 3.14. The molecular weight excluding hydrogens is 428 g/mol. The van der Waals surface area contributed by atoms with Crippen LogP contribution in [0.25, 0.3) is 5.65 Å². The quantitative estimate of drug-likeness (QED) is 0.592. The molecule has 1 saturated heterocycles. The van der Waals surface area contributed by atoms with Crippen LogP contribution in [-0.2, 0) is 0 Å². The molecule has 0 saturated carbocycles. The van der Waals surface area contributed by atoms with Crippen molar-refractivity contribution >= 4 is 29.4 Å². The Bertz CT molecular complexity index is 1210. The monoisotopic (exact) mass is 454 g/mol. The molecule has 0 bridgehead atoms. The molecule has 3 aromatic heterocycles. The van der Waals surface area contributed by atoms with Crippen LogP contribution in [0, 0.1) is 13.8 Å². The van der Waals surface area contributed by atoms with Gasteiger partial charge < -0.3 is 29.4 Å². The van der Waals surface area contributed by atoms with Crippen molar-refractivity contribution in [3.05, 3.63) is 35.5 Å². The molecule has 12 nitrogen and oxygen atoms in total. The number of carbonyl (C=O) groups is 2. The standard InChI is InChI=1S/C21H26N8O4/c1-5-33-19-15(8-22-20(26-19)27-6-7-29(21(31)32)13(3)10-27)18(30)25-16-11-28-9-12(2)23-17(28)14(4)24-16/h8-9,11,13H,5-7,10H2,1-4H3,(H,25,30)(H,31,32)/t13-/m0/s1. The summed E-state index contributed by atoms with van der Waals surface area (Å²) in [5.41, 5.74) is 2.45. The molecule has 0 unspecified atom stereocenters. The zero-order valence-corrected chi connectivity index (χ0v) is 18.9. The third kappa shape index (κ3) is 4.49. The van der Waals surface area contributed by atoms with E-state index in [2.05, 4.69) is 25.3 Å². The van der Waals surface area contributed by atoms with Gasteiger partial charge in [0.15, 0.2) is 5.65 Å². The van der Waals surface area contributed by atoms with Crippen LogP contribution in [-0.4, -0.2) is 78.6 Å². The van der Waals surface area contributed by atoms with E-state index in [0.717, 1.165) is 11.3 Å². The third-order valence-corrected chi connectivity index (χ3v) is 5.39. The second-order valence-electron chi connectivity index (χ2n) is 7.87. The van der Waals surface area contributed by atoms with Gasteiger partial charge in [0.05, 0.1) is 24.2 Å². The van der Waals surface area contributed by atoms with Crippen LogP contribution in [0.3, 0.4) is 0 Å². The Labute approximate surface area is 190 Å². The molecule has 2 N–H and O–H groups in total. The van der Waals surface area contributed by atoms with Gasteiger partial charge in [0, 0.05) is 38.1 Å². The lowest BCUT2D eigenvalue weighted by Gasteiger charge is -2.38. The fourth-order valence-corrected chi connectivity index (χ4v) is 3.85. The van der Waals surface area contributed by atoms with Gasteiger partial charge in [-0.1, -0.05) is 0 Å². The maximum atomic E-state index is 13.0. The molecule has 4 rings (SSSR count). The van der Waals surface area contributed by atoms with E-state index >= 15 is 0 Å². The molecule has 1 fully saturated rings. The summed E-state index contributed by atoms with van der Waals surface area (Å²) in [7, 11) is 0. The van der Waals surface area contributed by atoms with Crippen LogP contribution in [0.1, 0.15) is 35.6 Å². The largest absolute Gasteiger partial charge is 0.477 e. The first-order valence-electron chi connectivity index (χ1n) is 10.7. The Balaban J connectivity index is 1.56. The number of nitrogens with one attached hydrogen (secondary N) is 1. The molecular formula is C21H26N8O4. The van der Waals surface area contributed by atoms with Crippen LogP contribution in [0.2, 0.25) is 0 Å². The SMILES string of the molecule is CCOc1nc(N2CCN(C(=O)O)[C@@H](C)C2)ncc1C(=O)Nc1cn2cc(C)nc2c(C)n1. The summed E-state index contributed by atoms with van der Waals surface area (Å²) >= 11 is 0. The number of ether oxygens (including phenoxy) is 1. The van der Waals surface area contributed by atoms with Gasteiger partial charge in [-0.25, -0.2) is 19.7 Å². The number of carbonyl (C=O) groups excluding carboxylic acids is 1. The van der Waals surface area contributed by atoms with Gasteiger partial charge >= 0.3 is 6.09 Å². The van der Waals surface area contributed by atoms with Gasteiger partial charge in [0.1, 0.15) is 11.4 Å². The molecule has 1 atom stereocenters. The fraction of sp³-hybridized carbons (Fsp3) is 0.429.